The number of halogens is 5. The normalized spacial score (nSPS) is 29.3. The zero-order valence-electron chi connectivity index (χ0n) is 21.9. The smallest absolute Gasteiger partial charge is 0.248 e. The molecule has 0 radical (unpaired) electrons. The van der Waals surface area contributed by atoms with Crippen LogP contribution in [0.1, 0.15) is 48.2 Å². The van der Waals surface area contributed by atoms with Crippen molar-refractivity contribution >= 4 is 10.9 Å². The van der Waals surface area contributed by atoms with Crippen LogP contribution in [0.25, 0.3) is 11.3 Å². The van der Waals surface area contributed by atoms with Crippen molar-refractivity contribution in [2.24, 2.45) is 0 Å². The molecule has 1 aliphatic heterocycles. The van der Waals surface area contributed by atoms with Crippen molar-refractivity contribution in [2.75, 3.05) is 12.4 Å². The number of thiol groups is 1. The Labute approximate surface area is 234 Å². The fourth-order valence-electron chi connectivity index (χ4n) is 5.93. The van der Waals surface area contributed by atoms with Crippen LogP contribution in [0.5, 0.6) is 0 Å². The van der Waals surface area contributed by atoms with Gasteiger partial charge in [-0.3, -0.25) is 0 Å². The van der Waals surface area contributed by atoms with Crippen molar-refractivity contribution in [1.29, 1.82) is 0 Å². The third kappa shape index (κ3) is 5.57. The van der Waals surface area contributed by atoms with E-state index in [1.807, 2.05) is 0 Å². The van der Waals surface area contributed by atoms with Crippen molar-refractivity contribution < 1.29 is 42.4 Å². The summed E-state index contributed by atoms with van der Waals surface area (Å²) < 4.78 is 70.3. The van der Waals surface area contributed by atoms with E-state index in [1.165, 1.54) is 12.4 Å². The number of aryl methyl sites for hydroxylation is 1. The molecule has 2 fully saturated rings. The van der Waals surface area contributed by atoms with Gasteiger partial charge in [0.15, 0.2) is 17.5 Å². The van der Waals surface area contributed by atoms with Crippen molar-refractivity contribution in [3.05, 3.63) is 59.3 Å². The average Bonchev–Trinajstić information content (AvgIpc) is 3.40. The molecule has 6 atom stereocenters. The highest BCUT2D eigenvalue weighted by atomic mass is 32.2. The largest absolute Gasteiger partial charge is 0.395 e. The number of aliphatic hydroxyl groups is 4. The van der Waals surface area contributed by atoms with E-state index in [9.17, 15) is 42.4 Å². The molecule has 4 N–H and O–H groups in total. The van der Waals surface area contributed by atoms with Gasteiger partial charge in [0, 0.05) is 35.6 Å². The van der Waals surface area contributed by atoms with E-state index in [4.69, 9.17) is 0 Å². The summed E-state index contributed by atoms with van der Waals surface area (Å²) in [4.78, 5) is 0. The molecule has 0 spiro atoms. The monoisotopic (exact) mass is 603 g/mol. The number of aromatic nitrogens is 5. The molecule has 1 saturated carbocycles. The van der Waals surface area contributed by atoms with E-state index in [2.05, 4.69) is 20.5 Å². The molecule has 1 aliphatic carbocycles. The van der Waals surface area contributed by atoms with Crippen LogP contribution in [-0.4, -0.2) is 87.0 Å². The second kappa shape index (κ2) is 11.2. The van der Waals surface area contributed by atoms with Gasteiger partial charge < -0.3 is 20.4 Å². The Bertz CT molecular complexity index is 1380. The molecule has 3 aromatic rings. The first-order valence-electron chi connectivity index (χ1n) is 13.0. The van der Waals surface area contributed by atoms with E-state index < -0.39 is 88.1 Å². The molecule has 2 aromatic heterocycles. The number of benzene rings is 1. The lowest BCUT2D eigenvalue weighted by Crippen LogP contribution is -2.53. The maximum atomic E-state index is 14.1. The summed E-state index contributed by atoms with van der Waals surface area (Å²) in [6.45, 7) is 1.17. The van der Waals surface area contributed by atoms with Crippen LogP contribution in [0.15, 0.2) is 30.6 Å². The Balaban J connectivity index is 1.49. The van der Waals surface area contributed by atoms with Crippen LogP contribution in [-0.2, 0) is 0 Å². The van der Waals surface area contributed by atoms with Crippen molar-refractivity contribution in [3.63, 3.8) is 0 Å². The quantitative estimate of drug-likeness (QED) is 0.165. The highest BCUT2D eigenvalue weighted by Gasteiger charge is 2.54. The molecular formula is C26H30F5N5O4S. The number of hydrogen-bond acceptors (Lipinski definition) is 8. The fourth-order valence-corrected chi connectivity index (χ4v) is 9.67. The maximum Gasteiger partial charge on any atom is 0.248 e. The van der Waals surface area contributed by atoms with Crippen LogP contribution in [0, 0.1) is 24.4 Å². The Hall–Kier alpha value is -2.72. The molecule has 5 rings (SSSR count). The zero-order valence-corrected chi connectivity index (χ0v) is 22.8. The highest BCUT2D eigenvalue weighted by Crippen LogP contribution is 2.60. The molecular weight excluding hydrogens is 573 g/mol. The number of aliphatic hydroxyl groups excluding tert-OH is 3. The molecule has 2 unspecified atom stereocenters. The second-order valence-electron chi connectivity index (χ2n) is 10.8. The van der Waals surface area contributed by atoms with Gasteiger partial charge in [0.25, 0.3) is 0 Å². The molecule has 0 bridgehead atoms. The summed E-state index contributed by atoms with van der Waals surface area (Å²) in [7, 11) is -1.69. The maximum absolute atomic E-state index is 14.1. The molecule has 0 amide bonds. The predicted molar refractivity (Wildman–Crippen MR) is 139 cm³/mol. The first-order valence-corrected chi connectivity index (χ1v) is 14.7. The van der Waals surface area contributed by atoms with Gasteiger partial charge in [-0.1, -0.05) is 5.21 Å². The highest BCUT2D eigenvalue weighted by molar-refractivity contribution is 8.18. The van der Waals surface area contributed by atoms with E-state index in [0.717, 1.165) is 16.8 Å². The Morgan fingerprint density at radius 3 is 2.34 bits per heavy atom. The summed E-state index contributed by atoms with van der Waals surface area (Å²) in [5.41, 5.74) is -0.832. The molecule has 224 valence electrons. The summed E-state index contributed by atoms with van der Waals surface area (Å²) >= 11 is 0. The Morgan fingerprint density at radius 1 is 1.07 bits per heavy atom. The molecule has 41 heavy (non-hydrogen) atoms. The first-order chi connectivity index (χ1) is 19.3. The number of hydrogen-bond donors (Lipinski definition) is 5. The summed E-state index contributed by atoms with van der Waals surface area (Å²) in [6.07, 6.45) is -1.66. The molecule has 9 nitrogen and oxygen atoms in total. The summed E-state index contributed by atoms with van der Waals surface area (Å²) in [5, 5.41) is 59.1. The number of alkyl halides is 2. The molecule has 1 aromatic carbocycles. The predicted octanol–water partition coefficient (Wildman–Crippen LogP) is 2.78. The van der Waals surface area contributed by atoms with Crippen molar-refractivity contribution in [3.8, 4) is 11.3 Å². The minimum absolute atomic E-state index is 0.0311. The lowest BCUT2D eigenvalue weighted by molar-refractivity contribution is -0.105. The van der Waals surface area contributed by atoms with E-state index >= 15 is 0 Å². The summed E-state index contributed by atoms with van der Waals surface area (Å²) in [6, 6.07) is 1.98. The Morgan fingerprint density at radius 2 is 1.73 bits per heavy atom. The van der Waals surface area contributed by atoms with Crippen LogP contribution in [0.3, 0.4) is 0 Å². The minimum Gasteiger partial charge on any atom is -0.395 e. The second-order valence-corrected chi connectivity index (χ2v) is 13.4. The third-order valence-electron chi connectivity index (χ3n) is 8.15. The lowest BCUT2D eigenvalue weighted by Gasteiger charge is -2.53. The third-order valence-corrected chi connectivity index (χ3v) is 11.7. The minimum atomic E-state index is -2.93. The number of rotatable bonds is 6. The van der Waals surface area contributed by atoms with Gasteiger partial charge in [-0.15, -0.1) is 5.10 Å². The van der Waals surface area contributed by atoms with E-state index in [-0.39, 0.29) is 29.9 Å². The first kappa shape index (κ1) is 29.8. The molecule has 2 aliphatic rings. The van der Waals surface area contributed by atoms with Crippen LogP contribution in [0.4, 0.5) is 22.0 Å². The lowest BCUT2D eigenvalue weighted by atomic mass is 9.79. The fraction of sp³-hybridized carbons (Fsp3) is 0.538. The van der Waals surface area contributed by atoms with Gasteiger partial charge >= 0.3 is 0 Å². The van der Waals surface area contributed by atoms with E-state index in [0.29, 0.717) is 11.3 Å². The average molecular weight is 604 g/mol. The van der Waals surface area contributed by atoms with Gasteiger partial charge in [-0.2, -0.15) is 10.2 Å². The topological polar surface area (TPSA) is 137 Å². The van der Waals surface area contributed by atoms with Crippen molar-refractivity contribution in [2.45, 2.75) is 72.9 Å². The SMILES string of the molecule is Cc1ccnnc1C([SH]1C[C@H](O)[C@H](n2cc(-c3cc(F)c(F)c(F)c3)nn2)[C@@H](O)[C@H]1CO)C1(O)CCC(F)(F)CC1. The van der Waals surface area contributed by atoms with Gasteiger partial charge in [0.05, 0.1) is 41.6 Å². The van der Waals surface area contributed by atoms with Crippen LogP contribution >= 0.6 is 10.9 Å². The van der Waals surface area contributed by atoms with Crippen molar-refractivity contribution in [1.82, 2.24) is 25.2 Å². The summed E-state index contributed by atoms with van der Waals surface area (Å²) in [5.74, 6) is -7.47. The molecule has 15 heteroatoms. The number of nitrogens with zero attached hydrogens (tertiary/aromatic N) is 5. The van der Waals surface area contributed by atoms with Crippen LogP contribution < -0.4 is 0 Å². The molecule has 3 heterocycles. The standard InChI is InChI=1S/C26H30F5N5O4S/c1-13-2-7-32-34-21(13)24(25(40)3-5-26(30,31)6-4-25)41-12-18(38)22(23(39)19(41)11-37)36-10-17(33-35-36)14-8-15(27)20(29)16(28)9-14/h2,7-10,18-19,22-24,37-41H,3-6,11-12H2,1H3/t18-,19+,22-,23-,24?/m0/s1. The van der Waals surface area contributed by atoms with Gasteiger partial charge in [0.1, 0.15) is 11.7 Å². The molecule has 1 saturated heterocycles. The zero-order chi connectivity index (χ0) is 29.7. The van der Waals surface area contributed by atoms with E-state index in [1.54, 1.807) is 13.0 Å². The van der Waals surface area contributed by atoms with Crippen LogP contribution in [0.2, 0.25) is 0 Å². The Kier molecular flexibility index (Phi) is 8.11. The van der Waals surface area contributed by atoms with Gasteiger partial charge in [-0.05, 0) is 43.5 Å². The van der Waals surface area contributed by atoms with Gasteiger partial charge in [0.2, 0.25) is 5.92 Å². The van der Waals surface area contributed by atoms with Gasteiger partial charge in [-0.25, -0.2) is 37.5 Å².